The van der Waals surface area contributed by atoms with Crippen molar-refractivity contribution in [2.45, 2.75) is 18.9 Å². The van der Waals surface area contributed by atoms with Crippen molar-refractivity contribution in [3.8, 4) is 39.5 Å². The molecule has 7 rings (SSSR count). The molecule has 4 aromatic heterocycles. The molecule has 0 unspecified atom stereocenters. The average molecular weight is 505 g/mol. The highest BCUT2D eigenvalue weighted by Gasteiger charge is 2.17. The predicted molar refractivity (Wildman–Crippen MR) is 146 cm³/mol. The van der Waals surface area contributed by atoms with Gasteiger partial charge >= 0.3 is 0 Å². The summed E-state index contributed by atoms with van der Waals surface area (Å²) in [7, 11) is 0. The molecule has 8 heteroatoms. The van der Waals surface area contributed by atoms with Crippen LogP contribution in [0, 0.1) is 5.82 Å². The molecule has 1 aliphatic heterocycles. The van der Waals surface area contributed by atoms with Crippen molar-refractivity contribution in [3.05, 3.63) is 85.1 Å². The molecule has 3 N–H and O–H groups in total. The third kappa shape index (κ3) is 4.18. The van der Waals surface area contributed by atoms with Gasteiger partial charge in [0, 0.05) is 28.0 Å². The number of H-pyrrole nitrogens is 2. The van der Waals surface area contributed by atoms with Gasteiger partial charge in [-0.1, -0.05) is 24.3 Å². The molecule has 0 aliphatic carbocycles. The summed E-state index contributed by atoms with van der Waals surface area (Å²) in [5.41, 5.74) is 7.20. The Labute approximate surface area is 218 Å². The highest BCUT2D eigenvalue weighted by molar-refractivity contribution is 6.01. The van der Waals surface area contributed by atoms with Gasteiger partial charge < -0.3 is 15.0 Å². The lowest BCUT2D eigenvalue weighted by atomic mass is 10.0. The molecule has 0 atom stereocenters. The Bertz CT molecular complexity index is 1750. The number of nitrogens with one attached hydrogen (secondary N) is 3. The van der Waals surface area contributed by atoms with Crippen molar-refractivity contribution in [1.29, 1.82) is 0 Å². The first-order chi connectivity index (χ1) is 18.7. The Morgan fingerprint density at radius 3 is 2.58 bits per heavy atom. The number of benzene rings is 2. The summed E-state index contributed by atoms with van der Waals surface area (Å²) in [6, 6.07) is 18.8. The summed E-state index contributed by atoms with van der Waals surface area (Å²) in [6.07, 6.45) is 7.54. The molecule has 6 aromatic rings. The van der Waals surface area contributed by atoms with E-state index < -0.39 is 0 Å². The van der Waals surface area contributed by atoms with Gasteiger partial charge in [0.1, 0.15) is 23.4 Å². The van der Waals surface area contributed by atoms with E-state index in [1.165, 1.54) is 12.1 Å². The molecule has 0 saturated carbocycles. The molecule has 0 bridgehead atoms. The average Bonchev–Trinajstić information content (AvgIpc) is 3.58. The number of fused-ring (bicyclic) bond motifs is 2. The minimum Gasteiger partial charge on any atom is -0.489 e. The van der Waals surface area contributed by atoms with E-state index in [1.807, 2.05) is 30.3 Å². The van der Waals surface area contributed by atoms with E-state index in [1.54, 1.807) is 30.7 Å². The Morgan fingerprint density at radius 2 is 1.71 bits per heavy atom. The predicted octanol–water partition coefficient (Wildman–Crippen LogP) is 6.11. The van der Waals surface area contributed by atoms with E-state index in [0.29, 0.717) is 0 Å². The van der Waals surface area contributed by atoms with Gasteiger partial charge in [0.15, 0.2) is 0 Å². The number of rotatable bonds is 5. The standard InChI is InChI=1S/C30H25FN6O/c31-20-6-4-18(5-7-20)23-2-1-3-26-24(23)13-28(35-26)30-25-14-27(34-17-29(25)36-37-30)19-12-22(16-33-15-19)38-21-8-10-32-11-9-21/h1-7,12-17,21,32,35H,8-11H2,(H,36,37). The van der Waals surface area contributed by atoms with Crippen molar-refractivity contribution in [3.63, 3.8) is 0 Å². The fourth-order valence-electron chi connectivity index (χ4n) is 5.17. The van der Waals surface area contributed by atoms with Crippen LogP contribution in [0.25, 0.3) is 55.6 Å². The number of halogens is 1. The lowest BCUT2D eigenvalue weighted by Gasteiger charge is -2.23. The first kappa shape index (κ1) is 22.6. The van der Waals surface area contributed by atoms with Crippen LogP contribution in [-0.2, 0) is 0 Å². The lowest BCUT2D eigenvalue weighted by molar-refractivity contribution is 0.162. The van der Waals surface area contributed by atoms with E-state index >= 15 is 0 Å². The quantitative estimate of drug-likeness (QED) is 0.264. The summed E-state index contributed by atoms with van der Waals surface area (Å²) in [5.74, 6) is 0.509. The van der Waals surface area contributed by atoms with Gasteiger partial charge in [-0.2, -0.15) is 5.10 Å². The summed E-state index contributed by atoms with van der Waals surface area (Å²) >= 11 is 0. The summed E-state index contributed by atoms with van der Waals surface area (Å²) < 4.78 is 19.7. The Morgan fingerprint density at radius 1 is 0.842 bits per heavy atom. The number of piperidine rings is 1. The van der Waals surface area contributed by atoms with E-state index in [4.69, 9.17) is 4.74 Å². The number of nitrogens with zero attached hydrogens (tertiary/aromatic N) is 3. The third-order valence-electron chi connectivity index (χ3n) is 7.12. The monoisotopic (exact) mass is 504 g/mol. The summed E-state index contributed by atoms with van der Waals surface area (Å²) in [6.45, 7) is 1.94. The Hall–Kier alpha value is -4.56. The topological polar surface area (TPSA) is 91.5 Å². The van der Waals surface area contributed by atoms with Crippen LogP contribution < -0.4 is 10.1 Å². The van der Waals surface area contributed by atoms with Crippen LogP contribution in [0.2, 0.25) is 0 Å². The van der Waals surface area contributed by atoms with Crippen LogP contribution in [0.1, 0.15) is 12.8 Å². The second-order valence-electron chi connectivity index (χ2n) is 9.62. The van der Waals surface area contributed by atoms with E-state index in [2.05, 4.69) is 36.5 Å². The molecule has 0 amide bonds. The van der Waals surface area contributed by atoms with Crippen molar-refractivity contribution in [2.75, 3.05) is 13.1 Å². The fourth-order valence-corrected chi connectivity index (χ4v) is 5.17. The molecule has 0 spiro atoms. The number of aromatic amines is 2. The zero-order valence-corrected chi connectivity index (χ0v) is 20.5. The van der Waals surface area contributed by atoms with Crippen LogP contribution >= 0.6 is 0 Å². The normalized spacial score (nSPS) is 14.3. The van der Waals surface area contributed by atoms with Gasteiger partial charge in [-0.3, -0.25) is 15.1 Å². The maximum atomic E-state index is 13.5. The lowest BCUT2D eigenvalue weighted by Crippen LogP contribution is -2.34. The zero-order valence-electron chi connectivity index (χ0n) is 20.5. The maximum Gasteiger partial charge on any atom is 0.138 e. The molecule has 1 fully saturated rings. The zero-order chi connectivity index (χ0) is 25.5. The number of pyridine rings is 2. The highest BCUT2D eigenvalue weighted by atomic mass is 19.1. The van der Waals surface area contributed by atoms with Gasteiger partial charge in [0.25, 0.3) is 0 Å². The van der Waals surface area contributed by atoms with E-state index in [0.717, 1.165) is 87.3 Å². The van der Waals surface area contributed by atoms with Gasteiger partial charge in [-0.25, -0.2) is 4.39 Å². The fraction of sp³-hybridized carbons (Fsp3) is 0.167. The summed E-state index contributed by atoms with van der Waals surface area (Å²) in [5, 5.41) is 13.1. The van der Waals surface area contributed by atoms with Crippen LogP contribution in [0.15, 0.2) is 79.3 Å². The molecule has 188 valence electrons. The number of ether oxygens (including phenoxy) is 1. The number of hydrogen-bond donors (Lipinski definition) is 3. The Kier molecular flexibility index (Phi) is 5.59. The number of hydrogen-bond acceptors (Lipinski definition) is 5. The van der Waals surface area contributed by atoms with Crippen molar-refractivity contribution in [2.24, 2.45) is 0 Å². The minimum absolute atomic E-state index is 0.200. The minimum atomic E-state index is -0.248. The second kappa shape index (κ2) is 9.39. The van der Waals surface area contributed by atoms with Gasteiger partial charge in [-0.15, -0.1) is 0 Å². The summed E-state index contributed by atoms with van der Waals surface area (Å²) in [4.78, 5) is 12.6. The smallest absolute Gasteiger partial charge is 0.138 e. The van der Waals surface area contributed by atoms with Gasteiger partial charge in [-0.05, 0) is 73.5 Å². The van der Waals surface area contributed by atoms with Crippen LogP contribution in [0.4, 0.5) is 4.39 Å². The molecule has 1 saturated heterocycles. The van der Waals surface area contributed by atoms with Crippen LogP contribution in [-0.4, -0.2) is 44.3 Å². The molecule has 7 nitrogen and oxygen atoms in total. The second-order valence-corrected chi connectivity index (χ2v) is 9.62. The molecule has 38 heavy (non-hydrogen) atoms. The van der Waals surface area contributed by atoms with E-state index in [9.17, 15) is 4.39 Å². The molecule has 0 radical (unpaired) electrons. The molecular formula is C30H25FN6O. The Balaban J connectivity index is 1.25. The largest absolute Gasteiger partial charge is 0.489 e. The van der Waals surface area contributed by atoms with Crippen LogP contribution in [0.3, 0.4) is 0 Å². The number of aromatic nitrogens is 5. The van der Waals surface area contributed by atoms with Crippen LogP contribution in [0.5, 0.6) is 5.75 Å². The molecule has 1 aliphatic rings. The van der Waals surface area contributed by atoms with Crippen molar-refractivity contribution < 1.29 is 9.13 Å². The SMILES string of the molecule is Fc1ccc(-c2cccc3[nH]c(-c4n[nH]c5cnc(-c6cncc(OC7CCNCC7)c6)cc45)cc23)cc1. The van der Waals surface area contributed by atoms with E-state index in [-0.39, 0.29) is 11.9 Å². The highest BCUT2D eigenvalue weighted by Crippen LogP contribution is 2.35. The molecular weight excluding hydrogens is 479 g/mol. The maximum absolute atomic E-state index is 13.5. The van der Waals surface area contributed by atoms with Gasteiger partial charge in [0.05, 0.1) is 29.3 Å². The van der Waals surface area contributed by atoms with Crippen molar-refractivity contribution >= 4 is 21.8 Å². The van der Waals surface area contributed by atoms with Gasteiger partial charge in [0.2, 0.25) is 0 Å². The first-order valence-electron chi connectivity index (χ1n) is 12.8. The third-order valence-corrected chi connectivity index (χ3v) is 7.12. The van der Waals surface area contributed by atoms with Crippen molar-refractivity contribution in [1.82, 2.24) is 30.5 Å². The first-order valence-corrected chi connectivity index (χ1v) is 12.8. The molecule has 5 heterocycles. The molecule has 2 aromatic carbocycles.